The van der Waals surface area contributed by atoms with Crippen LogP contribution in [0.15, 0.2) is 30.6 Å². The summed E-state index contributed by atoms with van der Waals surface area (Å²) in [7, 11) is 1.85. The summed E-state index contributed by atoms with van der Waals surface area (Å²) in [6, 6.07) is 5.65. The van der Waals surface area contributed by atoms with Gasteiger partial charge >= 0.3 is 6.36 Å². The van der Waals surface area contributed by atoms with Gasteiger partial charge in [-0.15, -0.1) is 13.2 Å². The Bertz CT molecular complexity index is 930. The molecule has 1 aliphatic heterocycles. The third-order valence-electron chi connectivity index (χ3n) is 4.36. The Morgan fingerprint density at radius 1 is 1.19 bits per heavy atom. The molecule has 9 heteroatoms. The highest BCUT2D eigenvalue weighted by Gasteiger charge is 2.31. The van der Waals surface area contributed by atoms with Crippen LogP contribution in [0.5, 0.6) is 5.75 Å². The summed E-state index contributed by atoms with van der Waals surface area (Å²) in [5.41, 5.74) is 2.59. The van der Waals surface area contributed by atoms with E-state index in [0.29, 0.717) is 22.4 Å². The van der Waals surface area contributed by atoms with Crippen molar-refractivity contribution < 1.29 is 17.9 Å². The standard InChI is InChI=1S/C17H16F3N5O/c1-25-9-22-14-13(10-2-4-12(5-3-10)26-17(18,19)20)23-15(24-16(14)25)11-6-7-21-8-11/h2-5,9,11,21H,6-8H2,1H3. The SMILES string of the molecule is Cn1cnc2c(-c3ccc(OC(F)(F)F)cc3)nc(C3CCNC3)nc21. The summed E-state index contributed by atoms with van der Waals surface area (Å²) in [6.07, 6.45) is -2.12. The van der Waals surface area contributed by atoms with Gasteiger partial charge in [-0.25, -0.2) is 15.0 Å². The number of rotatable bonds is 3. The van der Waals surface area contributed by atoms with Crippen LogP contribution in [-0.4, -0.2) is 39.0 Å². The highest BCUT2D eigenvalue weighted by Crippen LogP contribution is 2.30. The molecule has 1 unspecified atom stereocenters. The van der Waals surface area contributed by atoms with Crippen molar-refractivity contribution >= 4 is 11.2 Å². The molecule has 0 saturated carbocycles. The number of nitrogens with one attached hydrogen (secondary N) is 1. The van der Waals surface area contributed by atoms with Crippen molar-refractivity contribution in [1.29, 1.82) is 0 Å². The maximum Gasteiger partial charge on any atom is 0.573 e. The molecular weight excluding hydrogens is 347 g/mol. The maximum atomic E-state index is 12.3. The molecule has 6 nitrogen and oxygen atoms in total. The first-order valence-corrected chi connectivity index (χ1v) is 8.16. The summed E-state index contributed by atoms with van der Waals surface area (Å²) in [4.78, 5) is 13.7. The fourth-order valence-electron chi connectivity index (χ4n) is 3.10. The molecule has 0 bridgehead atoms. The van der Waals surface area contributed by atoms with Crippen LogP contribution < -0.4 is 10.1 Å². The van der Waals surface area contributed by atoms with Crippen LogP contribution in [0.2, 0.25) is 0 Å². The molecule has 4 rings (SSSR count). The van der Waals surface area contributed by atoms with Crippen LogP contribution in [0.1, 0.15) is 18.2 Å². The molecule has 2 aromatic heterocycles. The Morgan fingerprint density at radius 3 is 2.62 bits per heavy atom. The van der Waals surface area contributed by atoms with Crippen molar-refractivity contribution in [2.24, 2.45) is 7.05 Å². The van der Waals surface area contributed by atoms with Crippen LogP contribution >= 0.6 is 0 Å². The van der Waals surface area contributed by atoms with Crippen LogP contribution in [0, 0.1) is 0 Å². The van der Waals surface area contributed by atoms with Gasteiger partial charge < -0.3 is 14.6 Å². The summed E-state index contributed by atoms with van der Waals surface area (Å²) >= 11 is 0. The molecule has 0 amide bonds. The van der Waals surface area contributed by atoms with Gasteiger partial charge in [-0.2, -0.15) is 0 Å². The molecule has 1 aliphatic rings. The molecule has 3 heterocycles. The van der Waals surface area contributed by atoms with Gasteiger partial charge in [0.2, 0.25) is 0 Å². The number of fused-ring (bicyclic) bond motifs is 1. The van der Waals surface area contributed by atoms with E-state index in [1.165, 1.54) is 12.1 Å². The van der Waals surface area contributed by atoms with Crippen molar-refractivity contribution in [2.75, 3.05) is 13.1 Å². The van der Waals surface area contributed by atoms with E-state index >= 15 is 0 Å². The number of hydrogen-bond donors (Lipinski definition) is 1. The molecule has 0 radical (unpaired) electrons. The first kappa shape index (κ1) is 16.8. The van der Waals surface area contributed by atoms with Gasteiger partial charge in [0.15, 0.2) is 5.65 Å². The summed E-state index contributed by atoms with van der Waals surface area (Å²) < 4.78 is 42.8. The van der Waals surface area contributed by atoms with Gasteiger partial charge in [0.05, 0.1) is 6.33 Å². The van der Waals surface area contributed by atoms with E-state index in [9.17, 15) is 13.2 Å². The number of imidazole rings is 1. The Balaban J connectivity index is 1.77. The molecule has 1 fully saturated rings. The lowest BCUT2D eigenvalue weighted by molar-refractivity contribution is -0.274. The van der Waals surface area contributed by atoms with Crippen LogP contribution in [0.25, 0.3) is 22.4 Å². The van der Waals surface area contributed by atoms with E-state index in [1.54, 1.807) is 18.5 Å². The zero-order valence-corrected chi connectivity index (χ0v) is 13.9. The van der Waals surface area contributed by atoms with Crippen LogP contribution in [-0.2, 0) is 7.05 Å². The number of alkyl halides is 3. The highest BCUT2D eigenvalue weighted by molar-refractivity contribution is 5.87. The number of aromatic nitrogens is 4. The molecule has 0 spiro atoms. The van der Waals surface area contributed by atoms with E-state index in [2.05, 4.69) is 25.0 Å². The second-order valence-corrected chi connectivity index (χ2v) is 6.22. The maximum absolute atomic E-state index is 12.3. The summed E-state index contributed by atoms with van der Waals surface area (Å²) in [5, 5.41) is 3.29. The van der Waals surface area contributed by atoms with E-state index < -0.39 is 6.36 Å². The number of nitrogens with zero attached hydrogens (tertiary/aromatic N) is 4. The number of halogens is 3. The predicted octanol–water partition coefficient (Wildman–Crippen LogP) is 3.01. The highest BCUT2D eigenvalue weighted by atomic mass is 19.4. The van der Waals surface area contributed by atoms with Gasteiger partial charge in [0, 0.05) is 25.1 Å². The molecule has 1 aromatic carbocycles. The zero-order chi connectivity index (χ0) is 18.3. The lowest BCUT2D eigenvalue weighted by atomic mass is 10.1. The first-order valence-electron chi connectivity index (χ1n) is 8.16. The number of benzene rings is 1. The largest absolute Gasteiger partial charge is 0.573 e. The Hall–Kier alpha value is -2.68. The first-order chi connectivity index (χ1) is 12.4. The minimum Gasteiger partial charge on any atom is -0.406 e. The molecule has 1 N–H and O–H groups in total. The Labute approximate surface area is 147 Å². The second kappa shape index (κ2) is 6.24. The molecule has 1 saturated heterocycles. The third-order valence-corrected chi connectivity index (χ3v) is 4.36. The van der Waals surface area contributed by atoms with Crippen molar-refractivity contribution in [3.8, 4) is 17.0 Å². The van der Waals surface area contributed by atoms with Crippen molar-refractivity contribution in [3.05, 3.63) is 36.4 Å². The minimum atomic E-state index is -4.71. The Morgan fingerprint density at radius 2 is 1.96 bits per heavy atom. The lowest BCUT2D eigenvalue weighted by Crippen LogP contribution is -2.17. The quantitative estimate of drug-likeness (QED) is 0.775. The number of ether oxygens (including phenoxy) is 1. The molecule has 26 heavy (non-hydrogen) atoms. The van der Waals surface area contributed by atoms with E-state index in [1.807, 2.05) is 11.6 Å². The monoisotopic (exact) mass is 363 g/mol. The molecule has 3 aromatic rings. The van der Waals surface area contributed by atoms with E-state index in [-0.39, 0.29) is 11.7 Å². The van der Waals surface area contributed by atoms with Gasteiger partial charge in [-0.3, -0.25) is 0 Å². The topological polar surface area (TPSA) is 64.9 Å². The Kier molecular flexibility index (Phi) is 4.03. The van der Waals surface area contributed by atoms with Crippen molar-refractivity contribution in [2.45, 2.75) is 18.7 Å². The summed E-state index contributed by atoms with van der Waals surface area (Å²) in [5.74, 6) is 0.658. The normalized spacial score (nSPS) is 17.8. The predicted molar refractivity (Wildman–Crippen MR) is 88.7 cm³/mol. The van der Waals surface area contributed by atoms with Gasteiger partial charge in [-0.1, -0.05) is 0 Å². The second-order valence-electron chi connectivity index (χ2n) is 6.22. The van der Waals surface area contributed by atoms with Gasteiger partial charge in [0.25, 0.3) is 0 Å². The van der Waals surface area contributed by atoms with E-state index in [4.69, 9.17) is 0 Å². The van der Waals surface area contributed by atoms with E-state index in [0.717, 1.165) is 25.3 Å². The molecule has 136 valence electrons. The van der Waals surface area contributed by atoms with Gasteiger partial charge in [0.1, 0.15) is 22.8 Å². The number of hydrogen-bond acceptors (Lipinski definition) is 5. The molecule has 0 aliphatic carbocycles. The summed E-state index contributed by atoms with van der Waals surface area (Å²) in [6.45, 7) is 1.72. The molecular formula is C17H16F3N5O. The molecule has 1 atom stereocenters. The van der Waals surface area contributed by atoms with Crippen molar-refractivity contribution in [1.82, 2.24) is 24.8 Å². The number of aryl methyl sites for hydroxylation is 1. The smallest absolute Gasteiger partial charge is 0.406 e. The lowest BCUT2D eigenvalue weighted by Gasteiger charge is -2.12. The average Bonchev–Trinajstić information content (AvgIpc) is 3.24. The minimum absolute atomic E-state index is 0.209. The third kappa shape index (κ3) is 3.22. The average molecular weight is 363 g/mol. The fourth-order valence-corrected chi connectivity index (χ4v) is 3.10. The van der Waals surface area contributed by atoms with Crippen LogP contribution in [0.4, 0.5) is 13.2 Å². The van der Waals surface area contributed by atoms with Gasteiger partial charge in [-0.05, 0) is 37.2 Å². The fraction of sp³-hybridized carbons (Fsp3) is 0.353. The van der Waals surface area contributed by atoms with Crippen molar-refractivity contribution in [3.63, 3.8) is 0 Å². The van der Waals surface area contributed by atoms with Crippen LogP contribution in [0.3, 0.4) is 0 Å². The zero-order valence-electron chi connectivity index (χ0n) is 13.9.